The molecule has 0 spiro atoms. The maximum atomic E-state index is 12.1. The quantitative estimate of drug-likeness (QED) is 0.662. The van der Waals surface area contributed by atoms with Crippen LogP contribution in [0.2, 0.25) is 0 Å². The number of carbonyl (C=O) groups is 1. The van der Waals surface area contributed by atoms with Gasteiger partial charge in [0.25, 0.3) is 0 Å². The molecule has 0 bridgehead atoms. The number of aliphatic hydroxyl groups excluding tert-OH is 2. The molecule has 1 fully saturated rings. The van der Waals surface area contributed by atoms with Crippen molar-refractivity contribution < 1.29 is 15.0 Å². The first-order valence-corrected chi connectivity index (χ1v) is 7.39. The summed E-state index contributed by atoms with van der Waals surface area (Å²) in [4.78, 5) is 16.1. The van der Waals surface area contributed by atoms with Gasteiger partial charge in [-0.3, -0.25) is 4.79 Å². The van der Waals surface area contributed by atoms with E-state index in [1.807, 2.05) is 18.7 Å². The molecular weight excluding hydrogens is 256 g/mol. The molecule has 116 valence electrons. The first-order valence-electron chi connectivity index (χ1n) is 7.39. The third kappa shape index (κ3) is 4.89. The molecule has 20 heavy (non-hydrogen) atoms. The van der Waals surface area contributed by atoms with E-state index in [9.17, 15) is 9.90 Å². The van der Waals surface area contributed by atoms with Crippen molar-refractivity contribution in [2.45, 2.75) is 20.8 Å². The van der Waals surface area contributed by atoms with Crippen molar-refractivity contribution in [3.05, 3.63) is 11.6 Å². The van der Waals surface area contributed by atoms with Crippen LogP contribution in [0.4, 0.5) is 0 Å². The summed E-state index contributed by atoms with van der Waals surface area (Å²) in [6, 6.07) is 0. The second kappa shape index (κ2) is 8.39. The molecule has 1 rings (SSSR count). The molecule has 0 unspecified atom stereocenters. The van der Waals surface area contributed by atoms with Gasteiger partial charge < -0.3 is 20.0 Å². The number of hydrogen-bond acceptors (Lipinski definition) is 4. The van der Waals surface area contributed by atoms with E-state index in [0.717, 1.165) is 18.7 Å². The van der Waals surface area contributed by atoms with Crippen LogP contribution in [-0.2, 0) is 4.79 Å². The fraction of sp³-hybridized carbons (Fsp3) is 0.800. The van der Waals surface area contributed by atoms with E-state index in [4.69, 9.17) is 5.11 Å². The summed E-state index contributed by atoms with van der Waals surface area (Å²) < 4.78 is 0. The Hall–Kier alpha value is -0.910. The Bertz CT molecular complexity index is 340. The number of likely N-dealkylation sites (N-methyl/N-ethyl adjacent to an activating group) is 1. The van der Waals surface area contributed by atoms with Gasteiger partial charge in [-0.1, -0.05) is 12.5 Å². The predicted octanol–water partition coefficient (Wildman–Crippen LogP) is 0.334. The molecule has 1 aliphatic heterocycles. The molecule has 0 aromatic heterocycles. The fourth-order valence-electron chi connectivity index (χ4n) is 2.72. The second-order valence-electron chi connectivity index (χ2n) is 5.78. The molecule has 0 aromatic carbocycles. The highest BCUT2D eigenvalue weighted by Crippen LogP contribution is 2.24. The summed E-state index contributed by atoms with van der Waals surface area (Å²) in [5.74, 6) is 0.453. The van der Waals surface area contributed by atoms with Gasteiger partial charge in [-0.25, -0.2) is 0 Å². The van der Waals surface area contributed by atoms with Gasteiger partial charge in [0, 0.05) is 44.8 Å². The van der Waals surface area contributed by atoms with Crippen molar-refractivity contribution in [2.75, 3.05) is 45.9 Å². The number of aliphatic hydroxyl groups is 2. The molecule has 1 heterocycles. The van der Waals surface area contributed by atoms with E-state index >= 15 is 0 Å². The molecule has 0 aromatic rings. The lowest BCUT2D eigenvalue weighted by atomic mass is 9.96. The lowest BCUT2D eigenvalue weighted by Gasteiger charge is -2.25. The second-order valence-corrected chi connectivity index (χ2v) is 5.78. The van der Waals surface area contributed by atoms with Gasteiger partial charge >= 0.3 is 0 Å². The van der Waals surface area contributed by atoms with E-state index in [1.54, 1.807) is 6.08 Å². The number of hydrogen-bond donors (Lipinski definition) is 2. The predicted molar refractivity (Wildman–Crippen MR) is 79.3 cm³/mol. The molecule has 0 aliphatic carbocycles. The number of rotatable bonds is 7. The van der Waals surface area contributed by atoms with Crippen LogP contribution < -0.4 is 0 Å². The van der Waals surface area contributed by atoms with Gasteiger partial charge in [0.1, 0.15) is 0 Å². The van der Waals surface area contributed by atoms with E-state index in [-0.39, 0.29) is 31.0 Å². The molecular formula is C15H28N2O3. The average molecular weight is 284 g/mol. The Morgan fingerprint density at radius 3 is 2.45 bits per heavy atom. The molecule has 0 radical (unpaired) electrons. The third-order valence-corrected chi connectivity index (χ3v) is 3.89. The monoisotopic (exact) mass is 284 g/mol. The summed E-state index contributed by atoms with van der Waals surface area (Å²) >= 11 is 0. The summed E-state index contributed by atoms with van der Waals surface area (Å²) in [7, 11) is 0. The Labute approximate surface area is 121 Å². The standard InChI is InChI=1S/C15H28N2O3/c1-4-16(5-6-18)8-13-9-17(10-14(13)11-19)15(20)7-12(2)3/h7,13-14,18-19H,4-6,8-11H2,1-3H3/t13-,14-/m1/s1. The number of nitrogens with zero attached hydrogens (tertiary/aromatic N) is 2. The van der Waals surface area contributed by atoms with E-state index in [2.05, 4.69) is 11.8 Å². The minimum absolute atomic E-state index is 0.0381. The summed E-state index contributed by atoms with van der Waals surface area (Å²) in [6.45, 7) is 9.79. The summed E-state index contributed by atoms with van der Waals surface area (Å²) in [6.07, 6.45) is 1.65. The van der Waals surface area contributed by atoms with Crippen LogP contribution in [0, 0.1) is 11.8 Å². The molecule has 0 saturated carbocycles. The van der Waals surface area contributed by atoms with Crippen molar-refractivity contribution in [2.24, 2.45) is 11.8 Å². The fourth-order valence-corrected chi connectivity index (χ4v) is 2.72. The maximum absolute atomic E-state index is 12.1. The highest BCUT2D eigenvalue weighted by molar-refractivity contribution is 5.88. The lowest BCUT2D eigenvalue weighted by molar-refractivity contribution is -0.125. The molecule has 2 atom stereocenters. The lowest BCUT2D eigenvalue weighted by Crippen LogP contribution is -2.35. The van der Waals surface area contributed by atoms with Crippen LogP contribution in [0.5, 0.6) is 0 Å². The first kappa shape index (κ1) is 17.1. The molecule has 1 saturated heterocycles. The van der Waals surface area contributed by atoms with Gasteiger partial charge in [-0.15, -0.1) is 0 Å². The zero-order valence-corrected chi connectivity index (χ0v) is 12.9. The normalized spacial score (nSPS) is 22.4. The number of likely N-dealkylation sites (tertiary alicyclic amines) is 1. The van der Waals surface area contributed by atoms with Gasteiger partial charge in [-0.2, -0.15) is 0 Å². The van der Waals surface area contributed by atoms with E-state index in [0.29, 0.717) is 19.6 Å². The Kier molecular flexibility index (Phi) is 7.19. The highest BCUT2D eigenvalue weighted by Gasteiger charge is 2.34. The minimum Gasteiger partial charge on any atom is -0.396 e. The van der Waals surface area contributed by atoms with Crippen LogP contribution in [0.3, 0.4) is 0 Å². The van der Waals surface area contributed by atoms with Gasteiger partial charge in [0.15, 0.2) is 0 Å². The molecule has 5 nitrogen and oxygen atoms in total. The van der Waals surface area contributed by atoms with Crippen LogP contribution in [-0.4, -0.2) is 71.9 Å². The van der Waals surface area contributed by atoms with Crippen molar-refractivity contribution in [3.63, 3.8) is 0 Å². The maximum Gasteiger partial charge on any atom is 0.246 e. The number of allylic oxidation sites excluding steroid dienone is 1. The van der Waals surface area contributed by atoms with Crippen molar-refractivity contribution in [1.82, 2.24) is 9.80 Å². The van der Waals surface area contributed by atoms with Crippen LogP contribution >= 0.6 is 0 Å². The smallest absolute Gasteiger partial charge is 0.246 e. The SMILES string of the molecule is CCN(CCO)C[C@@H]1CN(C(=O)C=C(C)C)C[C@@H]1CO. The van der Waals surface area contributed by atoms with Crippen LogP contribution in [0.15, 0.2) is 11.6 Å². The molecule has 2 N–H and O–H groups in total. The van der Waals surface area contributed by atoms with Crippen molar-refractivity contribution >= 4 is 5.91 Å². The number of carbonyl (C=O) groups excluding carboxylic acids is 1. The average Bonchev–Trinajstić information content (AvgIpc) is 2.80. The van der Waals surface area contributed by atoms with Gasteiger partial charge in [-0.05, 0) is 26.3 Å². The molecule has 1 amide bonds. The first-order chi connectivity index (χ1) is 9.51. The van der Waals surface area contributed by atoms with E-state index < -0.39 is 0 Å². The van der Waals surface area contributed by atoms with Crippen molar-refractivity contribution in [1.29, 1.82) is 0 Å². The minimum atomic E-state index is 0.0381. The Balaban J connectivity index is 2.63. The van der Waals surface area contributed by atoms with E-state index in [1.165, 1.54) is 0 Å². The van der Waals surface area contributed by atoms with Crippen molar-refractivity contribution in [3.8, 4) is 0 Å². The largest absolute Gasteiger partial charge is 0.396 e. The Morgan fingerprint density at radius 1 is 1.30 bits per heavy atom. The molecule has 5 heteroatoms. The van der Waals surface area contributed by atoms with Crippen LogP contribution in [0.1, 0.15) is 20.8 Å². The third-order valence-electron chi connectivity index (χ3n) is 3.89. The molecule has 1 aliphatic rings. The summed E-state index contributed by atoms with van der Waals surface area (Å²) in [5.41, 5.74) is 0.995. The summed E-state index contributed by atoms with van der Waals surface area (Å²) in [5, 5.41) is 18.6. The Morgan fingerprint density at radius 2 is 1.95 bits per heavy atom. The topological polar surface area (TPSA) is 64.0 Å². The van der Waals surface area contributed by atoms with Crippen LogP contribution in [0.25, 0.3) is 0 Å². The van der Waals surface area contributed by atoms with Gasteiger partial charge in [0.2, 0.25) is 5.91 Å². The van der Waals surface area contributed by atoms with Gasteiger partial charge in [0.05, 0.1) is 6.61 Å². The zero-order chi connectivity index (χ0) is 15.1. The number of amides is 1. The zero-order valence-electron chi connectivity index (χ0n) is 12.9. The highest BCUT2D eigenvalue weighted by atomic mass is 16.3.